The quantitative estimate of drug-likeness (QED) is 0.698. The Hall–Kier alpha value is -0.940. The van der Waals surface area contributed by atoms with Gasteiger partial charge in [0, 0.05) is 17.2 Å². The summed E-state index contributed by atoms with van der Waals surface area (Å²) in [4.78, 5) is 3.39. The molecule has 120 valence electrons. The fourth-order valence-corrected chi connectivity index (χ4v) is 2.95. The minimum Gasteiger partial charge on any atom is -0.369 e. The Balaban J connectivity index is 3.05. The lowest BCUT2D eigenvalue weighted by atomic mass is 10.4. The number of anilines is 1. The lowest BCUT2D eigenvalue weighted by Gasteiger charge is -2.17. The van der Waals surface area contributed by atoms with Crippen molar-refractivity contribution in [3.05, 3.63) is 16.7 Å². The van der Waals surface area contributed by atoms with Crippen LogP contribution in [0.3, 0.4) is 0 Å². The van der Waals surface area contributed by atoms with Crippen LogP contribution in [-0.4, -0.2) is 38.8 Å². The molecule has 11 heteroatoms. The van der Waals surface area contributed by atoms with E-state index in [4.69, 9.17) is 0 Å². The molecule has 0 saturated carbocycles. The van der Waals surface area contributed by atoms with Crippen molar-refractivity contribution in [1.82, 2.24) is 9.71 Å². The number of hydrogen-bond donors (Lipinski definition) is 2. The van der Waals surface area contributed by atoms with Crippen molar-refractivity contribution in [2.75, 3.05) is 18.4 Å². The van der Waals surface area contributed by atoms with E-state index in [0.29, 0.717) is 11.0 Å². The Bertz CT molecular complexity index is 598. The van der Waals surface area contributed by atoms with Crippen LogP contribution in [-0.2, 0) is 10.0 Å². The van der Waals surface area contributed by atoms with E-state index in [1.54, 1.807) is 6.92 Å². The van der Waals surface area contributed by atoms with Gasteiger partial charge in [0.25, 0.3) is 0 Å². The summed E-state index contributed by atoms with van der Waals surface area (Å²) in [6.45, 7) is 0.313. The predicted octanol–water partition coefficient (Wildman–Crippen LogP) is 2.45. The van der Waals surface area contributed by atoms with Gasteiger partial charge >= 0.3 is 12.3 Å². The van der Waals surface area contributed by atoms with Crippen molar-refractivity contribution in [2.45, 2.75) is 24.2 Å². The molecule has 0 aliphatic carbocycles. The lowest BCUT2D eigenvalue weighted by molar-refractivity contribution is -0.122. The third kappa shape index (κ3) is 4.78. The second kappa shape index (κ2) is 6.88. The van der Waals surface area contributed by atoms with Crippen molar-refractivity contribution < 1.29 is 26.0 Å². The molecule has 2 N–H and O–H groups in total. The van der Waals surface area contributed by atoms with E-state index in [1.807, 2.05) is 0 Å². The first-order valence-electron chi connectivity index (χ1n) is 5.65. The van der Waals surface area contributed by atoms with Crippen molar-refractivity contribution >= 4 is 31.8 Å². The highest BCUT2D eigenvalue weighted by molar-refractivity contribution is 9.10. The number of halogens is 5. The maximum Gasteiger partial charge on any atom is 0.320 e. The standard InChI is InChI=1S/C10H12BrF4N3O2S/c1-2-16-8-7(3-6(11)4-17-8)21(19,20)18-5-10(14,15)9(12)13/h3-4,9,18H,2,5H2,1H3,(H,16,17). The molecule has 0 spiro atoms. The summed E-state index contributed by atoms with van der Waals surface area (Å²) in [6, 6.07) is 1.13. The van der Waals surface area contributed by atoms with Crippen LogP contribution in [0.15, 0.2) is 21.6 Å². The molecular formula is C10H12BrF4N3O2S. The highest BCUT2D eigenvalue weighted by Crippen LogP contribution is 2.25. The average molecular weight is 394 g/mol. The minimum absolute atomic E-state index is 0.0615. The molecule has 0 radical (unpaired) electrons. The molecule has 21 heavy (non-hydrogen) atoms. The highest BCUT2D eigenvalue weighted by atomic mass is 79.9. The van der Waals surface area contributed by atoms with E-state index in [-0.39, 0.29) is 5.82 Å². The molecule has 1 heterocycles. The van der Waals surface area contributed by atoms with Gasteiger partial charge in [-0.15, -0.1) is 0 Å². The summed E-state index contributed by atoms with van der Waals surface area (Å²) in [5.74, 6) is -4.52. The monoisotopic (exact) mass is 393 g/mol. The van der Waals surface area contributed by atoms with Crippen LogP contribution in [0.2, 0.25) is 0 Å². The molecule has 0 unspecified atom stereocenters. The normalized spacial score (nSPS) is 12.7. The van der Waals surface area contributed by atoms with Crippen LogP contribution in [0.25, 0.3) is 0 Å². The summed E-state index contributed by atoms with van der Waals surface area (Å²) < 4.78 is 75.4. The van der Waals surface area contributed by atoms with Crippen LogP contribution >= 0.6 is 15.9 Å². The van der Waals surface area contributed by atoms with Gasteiger partial charge in [-0.3, -0.25) is 0 Å². The molecule has 0 bridgehead atoms. The first-order valence-corrected chi connectivity index (χ1v) is 7.93. The zero-order valence-electron chi connectivity index (χ0n) is 10.7. The van der Waals surface area contributed by atoms with Crippen molar-refractivity contribution in [3.63, 3.8) is 0 Å². The largest absolute Gasteiger partial charge is 0.369 e. The number of alkyl halides is 4. The van der Waals surface area contributed by atoms with Crippen LogP contribution in [0.1, 0.15) is 6.92 Å². The first-order chi connectivity index (χ1) is 9.60. The zero-order valence-corrected chi connectivity index (χ0v) is 13.1. The van der Waals surface area contributed by atoms with Gasteiger partial charge in [-0.05, 0) is 28.9 Å². The molecule has 0 fully saturated rings. The van der Waals surface area contributed by atoms with Gasteiger partial charge in [0.1, 0.15) is 10.7 Å². The summed E-state index contributed by atoms with van der Waals surface area (Å²) in [5.41, 5.74) is 0. The lowest BCUT2D eigenvalue weighted by Crippen LogP contribution is -2.41. The average Bonchev–Trinajstić information content (AvgIpc) is 2.39. The smallest absolute Gasteiger partial charge is 0.320 e. The molecule has 0 aliphatic rings. The molecule has 1 rings (SSSR count). The van der Waals surface area contributed by atoms with Crippen LogP contribution in [0.5, 0.6) is 0 Å². The van der Waals surface area contributed by atoms with Crippen LogP contribution in [0, 0.1) is 0 Å². The molecule has 0 aromatic carbocycles. The Labute approximate surface area is 127 Å². The number of nitrogens with zero attached hydrogens (tertiary/aromatic N) is 1. The fraction of sp³-hybridized carbons (Fsp3) is 0.500. The Morgan fingerprint density at radius 1 is 1.43 bits per heavy atom. The predicted molar refractivity (Wildman–Crippen MR) is 72.2 cm³/mol. The molecular weight excluding hydrogens is 382 g/mol. The van der Waals surface area contributed by atoms with E-state index in [0.717, 1.165) is 6.07 Å². The summed E-state index contributed by atoms with van der Waals surface area (Å²) >= 11 is 3.00. The zero-order chi connectivity index (χ0) is 16.3. The number of nitrogens with one attached hydrogen (secondary N) is 2. The second-order valence-corrected chi connectivity index (χ2v) is 6.57. The van der Waals surface area contributed by atoms with Gasteiger partial charge in [-0.25, -0.2) is 26.9 Å². The summed E-state index contributed by atoms with van der Waals surface area (Å²) in [6.07, 6.45) is -2.65. The van der Waals surface area contributed by atoms with Gasteiger partial charge in [0.05, 0.1) is 6.54 Å². The topological polar surface area (TPSA) is 71.1 Å². The van der Waals surface area contributed by atoms with E-state index >= 15 is 0 Å². The number of rotatable bonds is 7. The van der Waals surface area contributed by atoms with Gasteiger partial charge < -0.3 is 5.32 Å². The van der Waals surface area contributed by atoms with Crippen molar-refractivity contribution in [3.8, 4) is 0 Å². The van der Waals surface area contributed by atoms with Gasteiger partial charge in [-0.1, -0.05) is 0 Å². The molecule has 0 atom stereocenters. The maximum absolute atomic E-state index is 12.8. The molecule has 0 saturated heterocycles. The number of pyridine rings is 1. The van der Waals surface area contributed by atoms with Gasteiger partial charge in [0.15, 0.2) is 0 Å². The van der Waals surface area contributed by atoms with Crippen LogP contribution < -0.4 is 10.0 Å². The third-order valence-electron chi connectivity index (χ3n) is 2.27. The van der Waals surface area contributed by atoms with E-state index in [1.165, 1.54) is 10.9 Å². The van der Waals surface area contributed by atoms with Crippen molar-refractivity contribution in [1.29, 1.82) is 0 Å². The molecule has 0 aliphatic heterocycles. The Morgan fingerprint density at radius 3 is 2.57 bits per heavy atom. The fourth-order valence-electron chi connectivity index (χ4n) is 1.27. The molecule has 0 amide bonds. The number of hydrogen-bond acceptors (Lipinski definition) is 4. The second-order valence-electron chi connectivity index (χ2n) is 3.92. The summed E-state index contributed by atoms with van der Waals surface area (Å²) in [5, 5.41) is 2.64. The van der Waals surface area contributed by atoms with Gasteiger partial charge in [0.2, 0.25) is 10.0 Å². The molecule has 1 aromatic rings. The maximum atomic E-state index is 12.8. The Kier molecular flexibility index (Phi) is 5.93. The highest BCUT2D eigenvalue weighted by Gasteiger charge is 2.41. The minimum atomic E-state index is -4.45. The molecule has 1 aromatic heterocycles. The SMILES string of the molecule is CCNc1ncc(Br)cc1S(=O)(=O)NCC(F)(F)C(F)F. The van der Waals surface area contributed by atoms with Gasteiger partial charge in [-0.2, -0.15) is 8.78 Å². The Morgan fingerprint density at radius 2 is 2.05 bits per heavy atom. The molecule has 5 nitrogen and oxygen atoms in total. The van der Waals surface area contributed by atoms with E-state index in [2.05, 4.69) is 26.2 Å². The first kappa shape index (κ1) is 18.1. The third-order valence-corrected chi connectivity index (χ3v) is 4.12. The summed E-state index contributed by atoms with van der Waals surface area (Å²) in [7, 11) is -4.42. The van der Waals surface area contributed by atoms with E-state index in [9.17, 15) is 26.0 Å². The van der Waals surface area contributed by atoms with Crippen molar-refractivity contribution in [2.24, 2.45) is 0 Å². The van der Waals surface area contributed by atoms with E-state index < -0.39 is 33.8 Å². The number of sulfonamides is 1. The number of aromatic nitrogens is 1. The van der Waals surface area contributed by atoms with Crippen LogP contribution in [0.4, 0.5) is 23.4 Å².